The number of carbonyl (C=O) groups excluding carboxylic acids is 3. The van der Waals surface area contributed by atoms with Crippen molar-refractivity contribution in [1.29, 1.82) is 0 Å². The molecule has 246 valence electrons. The van der Waals surface area contributed by atoms with Crippen LogP contribution in [0.25, 0.3) is 0 Å². The van der Waals surface area contributed by atoms with Crippen molar-refractivity contribution in [1.82, 2.24) is 10.6 Å². The highest BCUT2D eigenvalue weighted by molar-refractivity contribution is 6.62. The lowest BCUT2D eigenvalue weighted by atomic mass is 9.78. The zero-order valence-electron chi connectivity index (χ0n) is 25.1. The summed E-state index contributed by atoms with van der Waals surface area (Å²) in [7, 11) is -1.20. The Morgan fingerprint density at radius 3 is 2.27 bits per heavy atom. The molecule has 2 unspecified atom stereocenters. The molecule has 16 heteroatoms. The minimum absolute atomic E-state index is 0.0105. The first-order valence-electron chi connectivity index (χ1n) is 14.4. The second kappa shape index (κ2) is 14.7. The van der Waals surface area contributed by atoms with Crippen molar-refractivity contribution in [2.75, 3.05) is 25.0 Å². The summed E-state index contributed by atoms with van der Waals surface area (Å²) in [6.45, 7) is 3.06. The maximum Gasteiger partial charge on any atom is 0.492 e. The minimum Gasteiger partial charge on any atom is -0.423 e. The Labute approximate surface area is 259 Å². The number of nitrogens with one attached hydrogen (secondary N) is 3. The van der Waals surface area contributed by atoms with Gasteiger partial charge < -0.3 is 47.9 Å². The molecule has 1 heterocycles. The maximum absolute atomic E-state index is 13.4. The number of halogens is 3. The van der Waals surface area contributed by atoms with Gasteiger partial charge in [0.1, 0.15) is 11.6 Å². The zero-order valence-corrected chi connectivity index (χ0v) is 25.1. The van der Waals surface area contributed by atoms with E-state index in [9.17, 15) is 37.7 Å². The molecule has 2 atom stereocenters. The number of benzene rings is 2. The summed E-state index contributed by atoms with van der Waals surface area (Å²) < 4.78 is 44.5. The summed E-state index contributed by atoms with van der Waals surface area (Å²) in [5, 5.41) is 28.2. The van der Waals surface area contributed by atoms with Gasteiger partial charge in [-0.1, -0.05) is 18.2 Å². The van der Waals surface area contributed by atoms with E-state index in [0.717, 1.165) is 17.7 Å². The van der Waals surface area contributed by atoms with Gasteiger partial charge in [0.2, 0.25) is 17.7 Å². The quantitative estimate of drug-likeness (QED) is 0.126. The van der Waals surface area contributed by atoms with Crippen LogP contribution in [0.4, 0.5) is 18.9 Å². The number of carbonyl (C=O) groups is 3. The van der Waals surface area contributed by atoms with Crippen molar-refractivity contribution < 1.29 is 42.3 Å². The Morgan fingerprint density at radius 1 is 1.02 bits per heavy atom. The van der Waals surface area contributed by atoms with Gasteiger partial charge in [0.05, 0.1) is 17.2 Å². The SMILES string of the molecule is CC1(C)OB(O)c2cc(NC(=O)C(CCc3ccc(C(F)(F)F)cc3)NC(=O)C(N)CCC(=O)NCC(O)(CN)CN)ccc21. The van der Waals surface area contributed by atoms with E-state index in [-0.39, 0.29) is 45.3 Å². The Morgan fingerprint density at radius 2 is 1.67 bits per heavy atom. The predicted octanol–water partition coefficient (Wildman–Crippen LogP) is -0.413. The van der Waals surface area contributed by atoms with Crippen LogP contribution >= 0.6 is 0 Å². The first-order valence-corrected chi connectivity index (χ1v) is 14.4. The molecule has 1 aliphatic rings. The number of hydrogen-bond acceptors (Lipinski definition) is 9. The second-order valence-corrected chi connectivity index (χ2v) is 11.6. The van der Waals surface area contributed by atoms with E-state index in [2.05, 4.69) is 16.0 Å². The molecule has 11 N–H and O–H groups in total. The molecule has 2 aromatic rings. The van der Waals surface area contributed by atoms with Crippen molar-refractivity contribution in [3.8, 4) is 0 Å². The number of anilines is 1. The van der Waals surface area contributed by atoms with Gasteiger partial charge in [-0.05, 0) is 74.0 Å². The van der Waals surface area contributed by atoms with Crippen LogP contribution in [-0.4, -0.2) is 72.3 Å². The molecule has 3 amide bonds. The van der Waals surface area contributed by atoms with Crippen molar-refractivity contribution >= 4 is 36.0 Å². The molecule has 1 aliphatic heterocycles. The summed E-state index contributed by atoms with van der Waals surface area (Å²) in [4.78, 5) is 38.6. The van der Waals surface area contributed by atoms with Crippen molar-refractivity contribution in [3.05, 3.63) is 59.2 Å². The van der Waals surface area contributed by atoms with E-state index >= 15 is 0 Å². The number of fused-ring (bicyclic) bond motifs is 1. The molecule has 0 saturated carbocycles. The summed E-state index contributed by atoms with van der Waals surface area (Å²) in [6, 6.07) is 7.01. The third-order valence-electron chi connectivity index (χ3n) is 7.67. The number of rotatable bonds is 14. The smallest absolute Gasteiger partial charge is 0.423 e. The van der Waals surface area contributed by atoms with Crippen LogP contribution < -0.4 is 38.6 Å². The van der Waals surface area contributed by atoms with Crippen molar-refractivity contribution in [3.63, 3.8) is 0 Å². The molecule has 0 fully saturated rings. The highest BCUT2D eigenvalue weighted by Gasteiger charge is 2.40. The molecule has 0 aliphatic carbocycles. The lowest BCUT2D eigenvalue weighted by molar-refractivity contribution is -0.137. The van der Waals surface area contributed by atoms with Crippen LogP contribution in [0, 0.1) is 0 Å². The van der Waals surface area contributed by atoms with E-state index < -0.39 is 59.9 Å². The van der Waals surface area contributed by atoms with Crippen LogP contribution in [-0.2, 0) is 37.2 Å². The van der Waals surface area contributed by atoms with E-state index in [1.807, 2.05) is 0 Å². The molecule has 12 nitrogen and oxygen atoms in total. The predicted molar refractivity (Wildman–Crippen MR) is 162 cm³/mol. The van der Waals surface area contributed by atoms with Crippen LogP contribution in [0.2, 0.25) is 0 Å². The topological polar surface area (TPSA) is 215 Å². The zero-order chi connectivity index (χ0) is 33.6. The van der Waals surface area contributed by atoms with Gasteiger partial charge in [0.15, 0.2) is 0 Å². The van der Waals surface area contributed by atoms with Crippen LogP contribution in [0.15, 0.2) is 42.5 Å². The fraction of sp³-hybridized carbons (Fsp3) is 0.483. The molecular weight excluding hydrogens is 596 g/mol. The Kier molecular flexibility index (Phi) is 11.7. The third-order valence-corrected chi connectivity index (χ3v) is 7.67. The molecule has 3 rings (SSSR count). The van der Waals surface area contributed by atoms with Crippen molar-refractivity contribution in [2.45, 2.75) is 69.0 Å². The number of alkyl halides is 3. The number of nitrogens with two attached hydrogens (primary N) is 3. The maximum atomic E-state index is 13.4. The highest BCUT2D eigenvalue weighted by atomic mass is 19.4. The minimum atomic E-state index is -4.50. The standard InChI is InChI=1S/C29H40BF3N6O6/c1-27(2)20-9-8-19(13-21(20)30(44)45-27)38-26(42)23(11-5-17-3-6-18(7-4-17)29(31,32)33)39-25(41)22(36)10-12-24(40)37-16-28(43,14-34)15-35/h3-4,6-9,13,22-23,43-44H,5,10-12,14-16,34-36H2,1-2H3,(H,37,40)(H,38,42)(H,39,41). The summed E-state index contributed by atoms with van der Waals surface area (Å²) >= 11 is 0. The molecule has 0 radical (unpaired) electrons. The lowest BCUT2D eigenvalue weighted by Crippen LogP contribution is -2.53. The first-order chi connectivity index (χ1) is 21.0. The Hall–Kier alpha value is -3.54. The molecule has 0 spiro atoms. The van der Waals surface area contributed by atoms with Crippen LogP contribution in [0.1, 0.15) is 49.8 Å². The highest BCUT2D eigenvalue weighted by Crippen LogP contribution is 2.31. The molecule has 0 aromatic heterocycles. The van der Waals surface area contributed by atoms with Gasteiger partial charge in [-0.25, -0.2) is 0 Å². The van der Waals surface area contributed by atoms with Crippen molar-refractivity contribution in [2.24, 2.45) is 17.2 Å². The van der Waals surface area contributed by atoms with E-state index in [4.69, 9.17) is 21.9 Å². The average Bonchev–Trinajstić information content (AvgIpc) is 3.22. The number of aliphatic hydroxyl groups is 1. The Balaban J connectivity index is 1.68. The van der Waals surface area contributed by atoms with Gasteiger partial charge in [-0.3, -0.25) is 14.4 Å². The summed E-state index contributed by atoms with van der Waals surface area (Å²) in [5.74, 6) is -1.85. The fourth-order valence-electron chi connectivity index (χ4n) is 4.74. The first kappa shape index (κ1) is 35.9. The monoisotopic (exact) mass is 636 g/mol. The molecule has 45 heavy (non-hydrogen) atoms. The number of amides is 3. The molecular formula is C29H40BF3N6O6. The van der Waals surface area contributed by atoms with E-state index in [0.29, 0.717) is 16.7 Å². The molecule has 0 bridgehead atoms. The van der Waals surface area contributed by atoms with Gasteiger partial charge >= 0.3 is 13.3 Å². The summed E-state index contributed by atoms with van der Waals surface area (Å²) in [6.07, 6.45) is -4.60. The summed E-state index contributed by atoms with van der Waals surface area (Å²) in [5.41, 5.74) is 16.0. The van der Waals surface area contributed by atoms with Crippen LogP contribution in [0.5, 0.6) is 0 Å². The van der Waals surface area contributed by atoms with Gasteiger partial charge in [0, 0.05) is 31.7 Å². The Bertz CT molecular complexity index is 1360. The fourth-order valence-corrected chi connectivity index (χ4v) is 4.74. The number of aryl methyl sites for hydroxylation is 1. The van der Waals surface area contributed by atoms with Gasteiger partial charge in [0.25, 0.3) is 0 Å². The van der Waals surface area contributed by atoms with E-state index in [1.54, 1.807) is 32.0 Å². The van der Waals surface area contributed by atoms with Crippen LogP contribution in [0.3, 0.4) is 0 Å². The number of hydrogen-bond donors (Lipinski definition) is 8. The lowest BCUT2D eigenvalue weighted by Gasteiger charge is -2.25. The largest absolute Gasteiger partial charge is 0.492 e. The molecule has 0 saturated heterocycles. The van der Waals surface area contributed by atoms with Gasteiger partial charge in [-0.2, -0.15) is 13.2 Å². The second-order valence-electron chi connectivity index (χ2n) is 11.6. The normalized spacial score (nSPS) is 15.6. The van der Waals surface area contributed by atoms with E-state index in [1.165, 1.54) is 12.1 Å². The van der Waals surface area contributed by atoms with Gasteiger partial charge in [-0.15, -0.1) is 0 Å². The average molecular weight is 636 g/mol. The third kappa shape index (κ3) is 9.72. The molecule has 2 aromatic carbocycles.